The Bertz CT molecular complexity index is 865. The Morgan fingerprint density at radius 1 is 1.00 bits per heavy atom. The van der Waals surface area contributed by atoms with Crippen LogP contribution in [0.4, 0.5) is 17.2 Å². The van der Waals surface area contributed by atoms with Crippen LogP contribution in [-0.4, -0.2) is 16.5 Å². The predicted octanol–water partition coefficient (Wildman–Crippen LogP) is 4.63. The summed E-state index contributed by atoms with van der Waals surface area (Å²) in [6.45, 7) is 6.90. The van der Waals surface area contributed by atoms with E-state index in [2.05, 4.69) is 23.8 Å². The molecule has 0 unspecified atom stereocenters. The third kappa shape index (κ3) is 3.55. The van der Waals surface area contributed by atoms with Crippen LogP contribution in [0.25, 0.3) is 0 Å². The lowest BCUT2D eigenvalue weighted by Crippen LogP contribution is -2.19. The summed E-state index contributed by atoms with van der Waals surface area (Å²) in [6, 6.07) is 15.9. The summed E-state index contributed by atoms with van der Waals surface area (Å²) in [6.07, 6.45) is 1.48. The van der Waals surface area contributed by atoms with E-state index in [-0.39, 0.29) is 0 Å². The van der Waals surface area contributed by atoms with Gasteiger partial charge in [-0.3, -0.25) is 0 Å². The highest BCUT2D eigenvalue weighted by molar-refractivity contribution is 5.74. The monoisotopic (exact) mass is 334 g/mol. The second-order valence-electron chi connectivity index (χ2n) is 5.84. The largest absolute Gasteiger partial charge is 0.437 e. The second kappa shape index (κ2) is 7.21. The van der Waals surface area contributed by atoms with Crippen LogP contribution in [0.5, 0.6) is 11.6 Å². The summed E-state index contributed by atoms with van der Waals surface area (Å²) in [7, 11) is 0. The summed E-state index contributed by atoms with van der Waals surface area (Å²) in [5, 5.41) is 0. The number of aryl methyl sites for hydroxylation is 2. The van der Waals surface area contributed by atoms with Crippen molar-refractivity contribution in [2.24, 2.45) is 0 Å². The van der Waals surface area contributed by atoms with Crippen LogP contribution < -0.4 is 15.4 Å². The van der Waals surface area contributed by atoms with Crippen LogP contribution in [0, 0.1) is 13.8 Å². The molecular formula is C20H22N4O. The SMILES string of the molecule is CCN(c1ccccc1)c1ncnc(Oc2ccc(C)c(C)c2)c1N. The molecule has 0 saturated heterocycles. The number of nitrogens with zero attached hydrogens (tertiary/aromatic N) is 3. The molecule has 128 valence electrons. The molecule has 1 heterocycles. The van der Waals surface area contributed by atoms with E-state index in [0.717, 1.165) is 17.8 Å². The molecule has 0 spiro atoms. The first kappa shape index (κ1) is 16.8. The van der Waals surface area contributed by atoms with E-state index < -0.39 is 0 Å². The van der Waals surface area contributed by atoms with Crippen molar-refractivity contribution < 1.29 is 4.74 Å². The van der Waals surface area contributed by atoms with Gasteiger partial charge in [0, 0.05) is 12.2 Å². The van der Waals surface area contributed by atoms with E-state index in [0.29, 0.717) is 23.1 Å². The molecule has 25 heavy (non-hydrogen) atoms. The number of ether oxygens (including phenoxy) is 1. The van der Waals surface area contributed by atoms with E-state index in [1.54, 1.807) is 0 Å². The third-order valence-corrected chi connectivity index (χ3v) is 4.16. The molecule has 3 aromatic rings. The molecule has 0 radical (unpaired) electrons. The fourth-order valence-electron chi connectivity index (χ4n) is 2.62. The minimum Gasteiger partial charge on any atom is -0.437 e. The topological polar surface area (TPSA) is 64.3 Å². The van der Waals surface area contributed by atoms with Crippen LogP contribution in [0.1, 0.15) is 18.1 Å². The van der Waals surface area contributed by atoms with Crippen molar-refractivity contribution in [2.75, 3.05) is 17.2 Å². The number of aromatic nitrogens is 2. The van der Waals surface area contributed by atoms with Gasteiger partial charge in [-0.2, -0.15) is 4.98 Å². The van der Waals surface area contributed by atoms with Crippen LogP contribution in [-0.2, 0) is 0 Å². The van der Waals surface area contributed by atoms with E-state index in [1.807, 2.05) is 60.4 Å². The van der Waals surface area contributed by atoms with Crippen molar-refractivity contribution in [2.45, 2.75) is 20.8 Å². The molecule has 1 aromatic heterocycles. The summed E-state index contributed by atoms with van der Waals surface area (Å²) < 4.78 is 5.91. The zero-order valence-electron chi connectivity index (χ0n) is 14.7. The number of hydrogen-bond acceptors (Lipinski definition) is 5. The molecule has 0 aliphatic carbocycles. The fraction of sp³-hybridized carbons (Fsp3) is 0.200. The average molecular weight is 334 g/mol. The molecule has 3 rings (SSSR count). The zero-order chi connectivity index (χ0) is 17.8. The summed E-state index contributed by atoms with van der Waals surface area (Å²) in [5.41, 5.74) is 10.1. The van der Waals surface area contributed by atoms with Gasteiger partial charge in [0.25, 0.3) is 0 Å². The van der Waals surface area contributed by atoms with Crippen LogP contribution in [0.15, 0.2) is 54.9 Å². The predicted molar refractivity (Wildman–Crippen MR) is 102 cm³/mol. The van der Waals surface area contributed by atoms with Gasteiger partial charge in [0.05, 0.1) is 0 Å². The maximum Gasteiger partial charge on any atom is 0.248 e. The molecule has 0 fully saturated rings. The van der Waals surface area contributed by atoms with Gasteiger partial charge in [-0.25, -0.2) is 4.98 Å². The third-order valence-electron chi connectivity index (χ3n) is 4.16. The van der Waals surface area contributed by atoms with E-state index in [1.165, 1.54) is 11.9 Å². The van der Waals surface area contributed by atoms with Crippen molar-refractivity contribution in [3.63, 3.8) is 0 Å². The van der Waals surface area contributed by atoms with Gasteiger partial charge < -0.3 is 15.4 Å². The second-order valence-corrected chi connectivity index (χ2v) is 5.84. The van der Waals surface area contributed by atoms with E-state index in [4.69, 9.17) is 10.5 Å². The Labute approximate surface area is 148 Å². The molecule has 0 amide bonds. The van der Waals surface area contributed by atoms with Crippen molar-refractivity contribution in [1.29, 1.82) is 0 Å². The minimum atomic E-state index is 0.364. The van der Waals surface area contributed by atoms with E-state index >= 15 is 0 Å². The molecule has 0 aliphatic heterocycles. The number of para-hydroxylation sites is 1. The molecular weight excluding hydrogens is 312 g/mol. The molecule has 2 aromatic carbocycles. The highest BCUT2D eigenvalue weighted by atomic mass is 16.5. The number of benzene rings is 2. The van der Waals surface area contributed by atoms with Gasteiger partial charge >= 0.3 is 0 Å². The average Bonchev–Trinajstić information content (AvgIpc) is 2.63. The first-order valence-corrected chi connectivity index (χ1v) is 8.28. The van der Waals surface area contributed by atoms with Gasteiger partial charge in [0.15, 0.2) is 5.82 Å². The molecule has 0 bridgehead atoms. The Balaban J connectivity index is 1.95. The lowest BCUT2D eigenvalue weighted by Gasteiger charge is -2.23. The number of nitrogen functional groups attached to an aromatic ring is 1. The normalized spacial score (nSPS) is 10.5. The Morgan fingerprint density at radius 2 is 1.76 bits per heavy atom. The minimum absolute atomic E-state index is 0.364. The number of nitrogens with two attached hydrogens (primary N) is 1. The lowest BCUT2D eigenvalue weighted by atomic mass is 10.1. The van der Waals surface area contributed by atoms with Gasteiger partial charge in [-0.1, -0.05) is 24.3 Å². The van der Waals surface area contributed by atoms with Crippen molar-refractivity contribution in [1.82, 2.24) is 9.97 Å². The number of hydrogen-bond donors (Lipinski definition) is 1. The van der Waals surface area contributed by atoms with Crippen molar-refractivity contribution in [3.8, 4) is 11.6 Å². The first-order valence-electron chi connectivity index (χ1n) is 8.28. The fourth-order valence-corrected chi connectivity index (χ4v) is 2.62. The van der Waals surface area contributed by atoms with Gasteiger partial charge in [0.2, 0.25) is 5.88 Å². The molecule has 2 N–H and O–H groups in total. The Morgan fingerprint density at radius 3 is 2.44 bits per heavy atom. The standard InChI is InChI=1S/C20H22N4O/c1-4-24(16-8-6-5-7-9-16)19-18(21)20(23-13-22-19)25-17-11-10-14(2)15(3)12-17/h5-13H,4,21H2,1-3H3. The molecule has 5 heteroatoms. The smallest absolute Gasteiger partial charge is 0.248 e. The van der Waals surface area contributed by atoms with Crippen LogP contribution in [0.2, 0.25) is 0 Å². The first-order chi connectivity index (χ1) is 12.1. The molecule has 0 saturated carbocycles. The summed E-state index contributed by atoms with van der Waals surface area (Å²) in [5.74, 6) is 1.72. The highest BCUT2D eigenvalue weighted by Gasteiger charge is 2.17. The maximum atomic E-state index is 6.32. The van der Waals surface area contributed by atoms with Gasteiger partial charge in [0.1, 0.15) is 17.8 Å². The van der Waals surface area contributed by atoms with Crippen molar-refractivity contribution in [3.05, 3.63) is 66.0 Å². The Kier molecular flexibility index (Phi) is 4.84. The molecule has 0 aliphatic rings. The van der Waals surface area contributed by atoms with Crippen LogP contribution in [0.3, 0.4) is 0 Å². The summed E-state index contributed by atoms with van der Waals surface area (Å²) >= 11 is 0. The molecule has 0 atom stereocenters. The quantitative estimate of drug-likeness (QED) is 0.737. The lowest BCUT2D eigenvalue weighted by molar-refractivity contribution is 0.464. The Hall–Kier alpha value is -3.08. The van der Waals surface area contributed by atoms with Crippen molar-refractivity contribution >= 4 is 17.2 Å². The summed E-state index contributed by atoms with van der Waals surface area (Å²) in [4.78, 5) is 10.6. The van der Waals surface area contributed by atoms with E-state index in [9.17, 15) is 0 Å². The van der Waals surface area contributed by atoms with Gasteiger partial charge in [-0.15, -0.1) is 0 Å². The molecule has 5 nitrogen and oxygen atoms in total. The van der Waals surface area contributed by atoms with Crippen LogP contribution >= 0.6 is 0 Å². The zero-order valence-corrected chi connectivity index (χ0v) is 14.7. The van der Waals surface area contributed by atoms with Gasteiger partial charge in [-0.05, 0) is 56.2 Å². The number of anilines is 3. The maximum absolute atomic E-state index is 6.32. The number of rotatable bonds is 5. The highest BCUT2D eigenvalue weighted by Crippen LogP contribution is 2.34.